The van der Waals surface area contributed by atoms with Crippen LogP contribution in [0.25, 0.3) is 0 Å². The zero-order chi connectivity index (χ0) is 11.4. The van der Waals surface area contributed by atoms with E-state index < -0.39 is 0 Å². The summed E-state index contributed by atoms with van der Waals surface area (Å²) in [5.41, 5.74) is 5.66. The maximum absolute atomic E-state index is 5.66. The molecule has 3 N–H and O–H groups in total. The second-order valence-corrected chi connectivity index (χ2v) is 4.65. The van der Waals surface area contributed by atoms with Crippen LogP contribution in [0, 0.1) is 5.92 Å². The van der Waals surface area contributed by atoms with Gasteiger partial charge in [-0.15, -0.1) is 0 Å². The Morgan fingerprint density at radius 2 is 2.56 bits per heavy atom. The fourth-order valence-electron chi connectivity index (χ4n) is 1.80. The molecule has 90 valence electrons. The molecule has 0 amide bonds. The number of nitrogens with one attached hydrogen (secondary N) is 1. The van der Waals surface area contributed by atoms with Gasteiger partial charge in [-0.2, -0.15) is 4.37 Å². The number of ether oxygens (including phenoxy) is 2. The van der Waals surface area contributed by atoms with Gasteiger partial charge < -0.3 is 20.5 Å². The Kier molecular flexibility index (Phi) is 3.84. The number of rotatable bonds is 5. The molecule has 1 aliphatic heterocycles. The Labute approximate surface area is 99.1 Å². The summed E-state index contributed by atoms with van der Waals surface area (Å²) in [4.78, 5) is 0. The third kappa shape index (κ3) is 2.56. The standard InChI is InChI=1S/C10H17N3O2S/c1-14-8-9(11)13-16-10(8)12-4-2-7-3-5-15-6-7/h7,12H,2-6H2,1H3,(H2,11,13). The summed E-state index contributed by atoms with van der Waals surface area (Å²) in [7, 11) is 1.61. The lowest BCUT2D eigenvalue weighted by Crippen LogP contribution is -2.08. The van der Waals surface area contributed by atoms with E-state index in [0.29, 0.717) is 17.5 Å². The van der Waals surface area contributed by atoms with Crippen molar-refractivity contribution in [1.29, 1.82) is 0 Å². The summed E-state index contributed by atoms with van der Waals surface area (Å²) in [5, 5.41) is 4.22. The second-order valence-electron chi connectivity index (χ2n) is 3.88. The summed E-state index contributed by atoms with van der Waals surface area (Å²) in [5.74, 6) is 1.80. The largest absolute Gasteiger partial charge is 0.490 e. The van der Waals surface area contributed by atoms with Gasteiger partial charge in [0.2, 0.25) is 0 Å². The molecule has 16 heavy (non-hydrogen) atoms. The quantitative estimate of drug-likeness (QED) is 0.821. The van der Waals surface area contributed by atoms with Crippen molar-refractivity contribution < 1.29 is 9.47 Å². The van der Waals surface area contributed by atoms with Crippen LogP contribution in [0.4, 0.5) is 10.8 Å². The SMILES string of the molecule is COc1c(N)nsc1NCCC1CCOC1. The monoisotopic (exact) mass is 243 g/mol. The van der Waals surface area contributed by atoms with E-state index in [9.17, 15) is 0 Å². The number of aromatic nitrogens is 1. The zero-order valence-corrected chi connectivity index (χ0v) is 10.2. The highest BCUT2D eigenvalue weighted by Crippen LogP contribution is 2.34. The number of nitrogens with two attached hydrogens (primary N) is 1. The molecule has 0 aromatic carbocycles. The molecule has 2 rings (SSSR count). The van der Waals surface area contributed by atoms with Gasteiger partial charge in [0.05, 0.1) is 7.11 Å². The first kappa shape index (κ1) is 11.5. The van der Waals surface area contributed by atoms with E-state index in [-0.39, 0.29) is 0 Å². The molecular formula is C10H17N3O2S. The molecule has 1 unspecified atom stereocenters. The van der Waals surface area contributed by atoms with Crippen LogP contribution in [-0.2, 0) is 4.74 Å². The van der Waals surface area contributed by atoms with Gasteiger partial charge in [0.15, 0.2) is 16.6 Å². The Balaban J connectivity index is 1.79. The minimum absolute atomic E-state index is 0.458. The first-order valence-electron chi connectivity index (χ1n) is 5.42. The highest BCUT2D eigenvalue weighted by atomic mass is 32.1. The molecule has 2 heterocycles. The average molecular weight is 243 g/mol. The molecule has 6 heteroatoms. The van der Waals surface area contributed by atoms with Crippen molar-refractivity contribution in [3.63, 3.8) is 0 Å². The molecule has 0 aliphatic carbocycles. The molecular weight excluding hydrogens is 226 g/mol. The molecule has 0 spiro atoms. The fraction of sp³-hybridized carbons (Fsp3) is 0.700. The van der Waals surface area contributed by atoms with E-state index in [4.69, 9.17) is 15.2 Å². The van der Waals surface area contributed by atoms with Crippen LogP contribution in [0.2, 0.25) is 0 Å². The van der Waals surface area contributed by atoms with E-state index in [2.05, 4.69) is 9.69 Å². The van der Waals surface area contributed by atoms with Gasteiger partial charge in [0.25, 0.3) is 0 Å². The maximum Gasteiger partial charge on any atom is 0.197 e. The Morgan fingerprint density at radius 3 is 3.25 bits per heavy atom. The van der Waals surface area contributed by atoms with E-state index in [1.807, 2.05) is 0 Å². The van der Waals surface area contributed by atoms with Crippen molar-refractivity contribution in [2.24, 2.45) is 5.92 Å². The molecule has 0 bridgehead atoms. The highest BCUT2D eigenvalue weighted by molar-refractivity contribution is 7.11. The van der Waals surface area contributed by atoms with Gasteiger partial charge in [0, 0.05) is 19.8 Å². The fourth-order valence-corrected chi connectivity index (χ4v) is 2.51. The van der Waals surface area contributed by atoms with Gasteiger partial charge in [-0.1, -0.05) is 0 Å². The lowest BCUT2D eigenvalue weighted by atomic mass is 10.1. The summed E-state index contributed by atoms with van der Waals surface area (Å²) in [6.07, 6.45) is 2.28. The molecule has 0 radical (unpaired) electrons. The topological polar surface area (TPSA) is 69.4 Å². The van der Waals surface area contributed by atoms with Gasteiger partial charge in [-0.05, 0) is 30.3 Å². The summed E-state index contributed by atoms with van der Waals surface area (Å²) >= 11 is 1.34. The minimum atomic E-state index is 0.458. The molecule has 1 aromatic heterocycles. The summed E-state index contributed by atoms with van der Waals surface area (Å²) < 4.78 is 14.5. The molecule has 0 saturated carbocycles. The lowest BCUT2D eigenvalue weighted by Gasteiger charge is -2.09. The van der Waals surface area contributed by atoms with Crippen molar-refractivity contribution in [2.75, 3.05) is 37.9 Å². The van der Waals surface area contributed by atoms with E-state index >= 15 is 0 Å². The van der Waals surface area contributed by atoms with Crippen LogP contribution in [0.3, 0.4) is 0 Å². The number of methoxy groups -OCH3 is 1. The molecule has 1 fully saturated rings. The van der Waals surface area contributed by atoms with Crippen LogP contribution >= 0.6 is 11.5 Å². The van der Waals surface area contributed by atoms with Crippen LogP contribution < -0.4 is 15.8 Å². The van der Waals surface area contributed by atoms with Crippen molar-refractivity contribution in [2.45, 2.75) is 12.8 Å². The number of anilines is 2. The molecule has 1 saturated heterocycles. The van der Waals surface area contributed by atoms with Crippen molar-refractivity contribution in [3.8, 4) is 5.75 Å². The van der Waals surface area contributed by atoms with Crippen molar-refractivity contribution >= 4 is 22.4 Å². The van der Waals surface area contributed by atoms with Crippen LogP contribution in [0.1, 0.15) is 12.8 Å². The van der Waals surface area contributed by atoms with Crippen molar-refractivity contribution in [3.05, 3.63) is 0 Å². The summed E-state index contributed by atoms with van der Waals surface area (Å²) in [6.45, 7) is 2.71. The normalized spacial score (nSPS) is 19.9. The third-order valence-corrected chi connectivity index (χ3v) is 3.54. The van der Waals surface area contributed by atoms with Gasteiger partial charge in [0.1, 0.15) is 0 Å². The predicted molar refractivity (Wildman–Crippen MR) is 65.1 cm³/mol. The van der Waals surface area contributed by atoms with Gasteiger partial charge in [-0.25, -0.2) is 0 Å². The molecule has 5 nitrogen and oxygen atoms in total. The Morgan fingerprint density at radius 1 is 1.69 bits per heavy atom. The van der Waals surface area contributed by atoms with Crippen LogP contribution in [0.15, 0.2) is 0 Å². The van der Waals surface area contributed by atoms with Gasteiger partial charge >= 0.3 is 0 Å². The zero-order valence-electron chi connectivity index (χ0n) is 9.36. The predicted octanol–water partition coefficient (Wildman–Crippen LogP) is 1.57. The van der Waals surface area contributed by atoms with E-state index in [1.54, 1.807) is 7.11 Å². The van der Waals surface area contributed by atoms with Crippen molar-refractivity contribution in [1.82, 2.24) is 4.37 Å². The lowest BCUT2D eigenvalue weighted by molar-refractivity contribution is 0.185. The molecule has 1 atom stereocenters. The van der Waals surface area contributed by atoms with Crippen LogP contribution in [-0.4, -0.2) is 31.2 Å². The Hall–Kier alpha value is -1.01. The molecule has 1 aliphatic rings. The minimum Gasteiger partial charge on any atom is -0.490 e. The van der Waals surface area contributed by atoms with Crippen LogP contribution in [0.5, 0.6) is 5.75 Å². The maximum atomic E-state index is 5.66. The smallest absolute Gasteiger partial charge is 0.197 e. The van der Waals surface area contributed by atoms with E-state index in [1.165, 1.54) is 18.0 Å². The number of hydrogen-bond acceptors (Lipinski definition) is 6. The Bertz CT molecular complexity index is 337. The average Bonchev–Trinajstić information content (AvgIpc) is 2.89. The van der Waals surface area contributed by atoms with Gasteiger partial charge in [-0.3, -0.25) is 0 Å². The third-order valence-electron chi connectivity index (χ3n) is 2.74. The highest BCUT2D eigenvalue weighted by Gasteiger charge is 2.16. The summed E-state index contributed by atoms with van der Waals surface area (Å²) in [6, 6.07) is 0. The number of hydrogen-bond donors (Lipinski definition) is 2. The number of nitrogens with zero attached hydrogens (tertiary/aromatic N) is 1. The first-order valence-corrected chi connectivity index (χ1v) is 6.19. The first-order chi connectivity index (χ1) is 7.81. The molecule has 1 aromatic rings. The number of nitrogen functional groups attached to an aromatic ring is 1. The van der Waals surface area contributed by atoms with E-state index in [0.717, 1.165) is 31.2 Å². The second kappa shape index (κ2) is 5.36.